The third-order valence-electron chi connectivity index (χ3n) is 6.58. The molecule has 192 valence electrons. The lowest BCUT2D eigenvalue weighted by Crippen LogP contribution is -2.17. The van der Waals surface area contributed by atoms with E-state index in [1.165, 1.54) is 0 Å². The number of nitrogens with one attached hydrogen (secondary N) is 1. The maximum Gasteiger partial charge on any atom is 0.275 e. The standard InChI is InChI=1S/C32H26N4O3/c1-21-15-27(19-34-35-32(38)30-16-23-7-3-4-8-24(23)17-31(30)37)22(2)36(21)28-11-13-29(14-12-28)39-20-26-10-6-5-9-25(26)18-33/h3-17,19,37H,20H2,1-2H3,(H,35,38). The number of ether oxygens (including phenoxy) is 1. The fourth-order valence-electron chi connectivity index (χ4n) is 4.55. The van der Waals surface area contributed by atoms with Crippen molar-refractivity contribution in [3.05, 3.63) is 125 Å². The van der Waals surface area contributed by atoms with Crippen molar-refractivity contribution < 1.29 is 14.6 Å². The number of carbonyl (C=O) groups excluding carboxylic acids is 1. The average molecular weight is 515 g/mol. The van der Waals surface area contributed by atoms with Crippen LogP contribution in [0.15, 0.2) is 96.1 Å². The molecule has 7 nitrogen and oxygen atoms in total. The number of carbonyl (C=O) groups is 1. The molecule has 5 rings (SSSR count). The molecule has 2 N–H and O–H groups in total. The molecule has 0 unspecified atom stereocenters. The number of hydrazone groups is 1. The summed E-state index contributed by atoms with van der Waals surface area (Å²) in [7, 11) is 0. The number of phenolic OH excluding ortho intramolecular Hbond substituents is 1. The van der Waals surface area contributed by atoms with Gasteiger partial charge < -0.3 is 14.4 Å². The third-order valence-corrected chi connectivity index (χ3v) is 6.58. The predicted octanol–water partition coefficient (Wildman–Crippen LogP) is 6.17. The van der Waals surface area contributed by atoms with Gasteiger partial charge in [-0.2, -0.15) is 10.4 Å². The molecule has 0 bridgehead atoms. The summed E-state index contributed by atoms with van der Waals surface area (Å²) in [6.07, 6.45) is 1.60. The van der Waals surface area contributed by atoms with Gasteiger partial charge in [0.05, 0.1) is 23.4 Å². The summed E-state index contributed by atoms with van der Waals surface area (Å²) in [4.78, 5) is 12.7. The average Bonchev–Trinajstić information content (AvgIpc) is 3.24. The summed E-state index contributed by atoms with van der Waals surface area (Å²) in [5, 5.41) is 25.4. The number of rotatable bonds is 7. The molecule has 0 atom stereocenters. The summed E-state index contributed by atoms with van der Waals surface area (Å²) >= 11 is 0. The molecule has 0 aliphatic carbocycles. The Kier molecular flexibility index (Phi) is 7.11. The molecule has 5 aromatic rings. The second-order valence-corrected chi connectivity index (χ2v) is 9.13. The number of benzene rings is 4. The van der Waals surface area contributed by atoms with Crippen LogP contribution >= 0.6 is 0 Å². The fraction of sp³-hybridized carbons (Fsp3) is 0.0938. The number of nitriles is 1. The van der Waals surface area contributed by atoms with Crippen molar-refractivity contribution in [3.8, 4) is 23.3 Å². The number of aromatic nitrogens is 1. The van der Waals surface area contributed by atoms with Gasteiger partial charge in [0.1, 0.15) is 18.1 Å². The fourth-order valence-corrected chi connectivity index (χ4v) is 4.55. The van der Waals surface area contributed by atoms with Crippen LogP contribution in [-0.4, -0.2) is 21.8 Å². The van der Waals surface area contributed by atoms with E-state index in [1.807, 2.05) is 86.6 Å². The summed E-state index contributed by atoms with van der Waals surface area (Å²) in [6.45, 7) is 4.29. The summed E-state index contributed by atoms with van der Waals surface area (Å²) in [5.41, 5.74) is 7.89. The van der Waals surface area contributed by atoms with E-state index in [4.69, 9.17) is 4.74 Å². The summed E-state index contributed by atoms with van der Waals surface area (Å²) < 4.78 is 7.99. The van der Waals surface area contributed by atoms with Crippen molar-refractivity contribution in [2.24, 2.45) is 5.10 Å². The van der Waals surface area contributed by atoms with Crippen molar-refractivity contribution in [3.63, 3.8) is 0 Å². The highest BCUT2D eigenvalue weighted by Gasteiger charge is 2.13. The number of aromatic hydroxyl groups is 1. The number of hydrogen-bond donors (Lipinski definition) is 2. The molecule has 0 spiro atoms. The topological polar surface area (TPSA) is 99.6 Å². The largest absolute Gasteiger partial charge is 0.507 e. The Morgan fingerprint density at radius 1 is 1.00 bits per heavy atom. The molecule has 4 aromatic carbocycles. The SMILES string of the molecule is Cc1cc(C=NNC(=O)c2cc3ccccc3cc2O)c(C)n1-c1ccc(OCc2ccccc2C#N)cc1. The molecule has 1 aromatic heterocycles. The number of phenols is 1. The van der Waals surface area contributed by atoms with Crippen molar-refractivity contribution in [1.29, 1.82) is 5.26 Å². The van der Waals surface area contributed by atoms with Crippen LogP contribution in [0.1, 0.15) is 38.4 Å². The minimum absolute atomic E-state index is 0.0960. The van der Waals surface area contributed by atoms with Gasteiger partial charge in [-0.05, 0) is 73.2 Å². The van der Waals surface area contributed by atoms with Crippen LogP contribution in [0.5, 0.6) is 11.5 Å². The van der Waals surface area contributed by atoms with Crippen LogP contribution < -0.4 is 10.2 Å². The minimum atomic E-state index is -0.490. The second-order valence-electron chi connectivity index (χ2n) is 9.13. The maximum absolute atomic E-state index is 12.7. The molecule has 7 heteroatoms. The first-order valence-corrected chi connectivity index (χ1v) is 12.4. The Hall–Kier alpha value is -5.35. The van der Waals surface area contributed by atoms with Crippen LogP contribution in [0.3, 0.4) is 0 Å². The summed E-state index contributed by atoms with van der Waals surface area (Å²) in [5.74, 6) is 0.118. The number of aryl methyl sites for hydroxylation is 1. The van der Waals surface area contributed by atoms with Crippen LogP contribution in [0.4, 0.5) is 0 Å². The van der Waals surface area contributed by atoms with Gasteiger partial charge in [0, 0.05) is 28.2 Å². The van der Waals surface area contributed by atoms with Crippen molar-refractivity contribution in [1.82, 2.24) is 9.99 Å². The van der Waals surface area contributed by atoms with Crippen molar-refractivity contribution in [2.75, 3.05) is 0 Å². The van der Waals surface area contributed by atoms with Gasteiger partial charge in [0.25, 0.3) is 5.91 Å². The number of amides is 1. The first kappa shape index (κ1) is 25.3. The third kappa shape index (κ3) is 5.36. The molecular weight excluding hydrogens is 488 g/mol. The van der Waals surface area contributed by atoms with E-state index in [0.717, 1.165) is 39.0 Å². The Morgan fingerprint density at radius 3 is 2.44 bits per heavy atom. The molecular formula is C32H26N4O3. The predicted molar refractivity (Wildman–Crippen MR) is 151 cm³/mol. The van der Waals surface area contributed by atoms with Gasteiger partial charge in [-0.1, -0.05) is 42.5 Å². The highest BCUT2D eigenvalue weighted by atomic mass is 16.5. The molecule has 0 aliphatic rings. The molecule has 39 heavy (non-hydrogen) atoms. The first-order chi connectivity index (χ1) is 18.9. The lowest BCUT2D eigenvalue weighted by Gasteiger charge is -2.12. The van der Waals surface area contributed by atoms with Gasteiger partial charge in [0.2, 0.25) is 0 Å². The monoisotopic (exact) mass is 514 g/mol. The number of hydrogen-bond acceptors (Lipinski definition) is 5. The molecule has 0 radical (unpaired) electrons. The quantitative estimate of drug-likeness (QED) is 0.200. The maximum atomic E-state index is 12.7. The van der Waals surface area contributed by atoms with E-state index in [2.05, 4.69) is 21.2 Å². The van der Waals surface area contributed by atoms with Crippen LogP contribution in [0.2, 0.25) is 0 Å². The Balaban J connectivity index is 1.27. The molecule has 0 aliphatic heterocycles. The lowest BCUT2D eigenvalue weighted by molar-refractivity contribution is 0.0952. The van der Waals surface area contributed by atoms with E-state index in [0.29, 0.717) is 17.9 Å². The lowest BCUT2D eigenvalue weighted by atomic mass is 10.1. The normalized spacial score (nSPS) is 11.0. The molecule has 0 saturated heterocycles. The second kappa shape index (κ2) is 11.0. The summed E-state index contributed by atoms with van der Waals surface area (Å²) in [6, 6.07) is 30.0. The number of nitrogens with zero attached hydrogens (tertiary/aromatic N) is 3. The van der Waals surface area contributed by atoms with E-state index >= 15 is 0 Å². The van der Waals surface area contributed by atoms with Crippen LogP contribution in [-0.2, 0) is 6.61 Å². The molecule has 0 fully saturated rings. The zero-order chi connectivity index (χ0) is 27.4. The van der Waals surface area contributed by atoms with Crippen molar-refractivity contribution in [2.45, 2.75) is 20.5 Å². The first-order valence-electron chi connectivity index (χ1n) is 12.4. The molecule has 0 saturated carbocycles. The van der Waals surface area contributed by atoms with Crippen LogP contribution in [0, 0.1) is 25.2 Å². The Bertz CT molecular complexity index is 1740. The van der Waals surface area contributed by atoms with E-state index in [1.54, 1.807) is 24.4 Å². The molecule has 1 heterocycles. The Morgan fingerprint density at radius 2 is 1.69 bits per heavy atom. The Labute approximate surface area is 226 Å². The molecule has 1 amide bonds. The van der Waals surface area contributed by atoms with E-state index < -0.39 is 5.91 Å². The van der Waals surface area contributed by atoms with Gasteiger partial charge in [-0.25, -0.2) is 5.43 Å². The van der Waals surface area contributed by atoms with Gasteiger partial charge in [-0.3, -0.25) is 4.79 Å². The highest BCUT2D eigenvalue weighted by Crippen LogP contribution is 2.25. The van der Waals surface area contributed by atoms with Crippen molar-refractivity contribution >= 4 is 22.9 Å². The zero-order valence-electron chi connectivity index (χ0n) is 21.6. The minimum Gasteiger partial charge on any atom is -0.507 e. The smallest absolute Gasteiger partial charge is 0.275 e. The van der Waals surface area contributed by atoms with Crippen LogP contribution in [0.25, 0.3) is 16.5 Å². The number of fused-ring (bicyclic) bond motifs is 1. The van der Waals surface area contributed by atoms with Gasteiger partial charge >= 0.3 is 0 Å². The highest BCUT2D eigenvalue weighted by molar-refractivity contribution is 6.01. The zero-order valence-corrected chi connectivity index (χ0v) is 21.6. The van der Waals surface area contributed by atoms with Gasteiger partial charge in [-0.15, -0.1) is 0 Å². The van der Waals surface area contributed by atoms with E-state index in [9.17, 15) is 15.2 Å². The van der Waals surface area contributed by atoms with Gasteiger partial charge in [0.15, 0.2) is 0 Å². The van der Waals surface area contributed by atoms with E-state index in [-0.39, 0.29) is 11.3 Å².